The lowest BCUT2D eigenvalue weighted by molar-refractivity contribution is 0.404. The van der Waals surface area contributed by atoms with Gasteiger partial charge in [-0.1, -0.05) is 50.7 Å². The fourth-order valence-corrected chi connectivity index (χ4v) is 1.84. The van der Waals surface area contributed by atoms with Crippen molar-refractivity contribution in [2.24, 2.45) is 5.92 Å². The largest absolute Gasteiger partial charge is 0.0822 e. The molecule has 0 nitrogen and oxygen atoms in total. The van der Waals surface area contributed by atoms with E-state index in [1.54, 1.807) is 0 Å². The number of hydrogen-bond donors (Lipinski definition) is 0. The molecule has 2 heteroatoms. The second-order valence-corrected chi connectivity index (χ2v) is 3.95. The van der Waals surface area contributed by atoms with Crippen LogP contribution in [0.25, 0.3) is 0 Å². The van der Waals surface area contributed by atoms with Gasteiger partial charge in [0.2, 0.25) is 0 Å². The molecule has 0 N–H and O–H groups in total. The summed E-state index contributed by atoms with van der Waals surface area (Å²) in [7, 11) is 11.8. The minimum Gasteiger partial charge on any atom is -0.0822 e. The summed E-state index contributed by atoms with van der Waals surface area (Å²) in [6.45, 7) is 2.28. The summed E-state index contributed by atoms with van der Waals surface area (Å²) in [4.78, 5) is 0. The molecule has 11 heavy (non-hydrogen) atoms. The monoisotopic (exact) mass is 146 g/mol. The zero-order valence-corrected chi connectivity index (χ0v) is 7.42. The molecule has 0 aromatic carbocycles. The average Bonchev–Trinajstić information content (AvgIpc) is 1.95. The van der Waals surface area contributed by atoms with Crippen LogP contribution in [0.4, 0.5) is 0 Å². The van der Waals surface area contributed by atoms with Crippen molar-refractivity contribution in [3.63, 3.8) is 0 Å². The van der Waals surface area contributed by atoms with Crippen molar-refractivity contribution in [1.82, 2.24) is 0 Å². The van der Waals surface area contributed by atoms with Crippen LogP contribution in [0, 0.1) is 5.92 Å². The second-order valence-electron chi connectivity index (χ2n) is 3.95. The summed E-state index contributed by atoms with van der Waals surface area (Å²) in [5, 5.41) is 0. The summed E-state index contributed by atoms with van der Waals surface area (Å²) >= 11 is 0. The first-order chi connectivity index (χ1) is 5.20. The van der Waals surface area contributed by atoms with E-state index in [1.165, 1.54) is 19.3 Å². The van der Waals surface area contributed by atoms with Crippen LogP contribution in [-0.2, 0) is 0 Å². The van der Waals surface area contributed by atoms with E-state index in [-0.39, 0.29) is 11.6 Å². The van der Waals surface area contributed by atoms with Gasteiger partial charge in [0, 0.05) is 0 Å². The second kappa shape index (κ2) is 4.23. The molecule has 0 aliphatic heterocycles. The van der Waals surface area contributed by atoms with Gasteiger partial charge in [-0.15, -0.1) is 0 Å². The average molecular weight is 146 g/mol. The maximum Gasteiger partial charge on any atom is 0.0693 e. The van der Waals surface area contributed by atoms with Crippen molar-refractivity contribution >= 4 is 15.7 Å². The van der Waals surface area contributed by atoms with Crippen LogP contribution in [0.1, 0.15) is 39.0 Å². The highest BCUT2D eigenvalue weighted by Gasteiger charge is 2.16. The summed E-state index contributed by atoms with van der Waals surface area (Å²) in [6, 6.07) is 0. The van der Waals surface area contributed by atoms with Gasteiger partial charge in [0.1, 0.15) is 0 Å². The van der Waals surface area contributed by atoms with Gasteiger partial charge in [0.05, 0.1) is 15.7 Å². The Morgan fingerprint density at radius 3 is 2.36 bits per heavy atom. The summed E-state index contributed by atoms with van der Waals surface area (Å²) in [5.41, 5.74) is 0. The van der Waals surface area contributed by atoms with E-state index in [0.29, 0.717) is 0 Å². The molecule has 1 aliphatic rings. The molecule has 1 fully saturated rings. The van der Waals surface area contributed by atoms with Gasteiger partial charge in [-0.25, -0.2) is 0 Å². The van der Waals surface area contributed by atoms with Crippen LogP contribution in [-0.4, -0.2) is 15.7 Å². The van der Waals surface area contributed by atoms with Crippen LogP contribution in [0.2, 0.25) is 11.6 Å². The van der Waals surface area contributed by atoms with E-state index in [2.05, 4.69) is 6.92 Å². The SMILES string of the molecule is [B]C1CCCCC(C)CC1[B]. The zero-order chi connectivity index (χ0) is 8.27. The van der Waals surface area contributed by atoms with E-state index >= 15 is 0 Å². The lowest BCUT2D eigenvalue weighted by atomic mass is 9.60. The third-order valence-electron chi connectivity index (χ3n) is 2.71. The van der Waals surface area contributed by atoms with Gasteiger partial charge in [0.25, 0.3) is 0 Å². The maximum absolute atomic E-state index is 5.91. The molecule has 0 saturated heterocycles. The Labute approximate surface area is 73.0 Å². The summed E-state index contributed by atoms with van der Waals surface area (Å²) in [5.74, 6) is 1.26. The Balaban J connectivity index is 2.38. The van der Waals surface area contributed by atoms with Gasteiger partial charge in [-0.05, 0) is 5.92 Å². The van der Waals surface area contributed by atoms with E-state index in [1.807, 2.05) is 0 Å². The van der Waals surface area contributed by atoms with Crippen molar-refractivity contribution in [2.75, 3.05) is 0 Å². The first-order valence-electron chi connectivity index (χ1n) is 4.71. The molecular formula is C9H16B2. The normalized spacial score (nSPS) is 41.0. The van der Waals surface area contributed by atoms with E-state index < -0.39 is 0 Å². The van der Waals surface area contributed by atoms with Gasteiger partial charge in [-0.3, -0.25) is 0 Å². The molecule has 0 amide bonds. The Morgan fingerprint density at radius 1 is 1.00 bits per heavy atom. The Bertz CT molecular complexity index is 114. The standard InChI is InChI=1S/C9H16B2/c1-7-4-2-3-5-8(10)9(11)6-7/h7-9H,2-6H2,1H3. The Kier molecular flexibility index (Phi) is 3.54. The van der Waals surface area contributed by atoms with E-state index in [0.717, 1.165) is 18.8 Å². The van der Waals surface area contributed by atoms with Crippen molar-refractivity contribution < 1.29 is 0 Å². The third kappa shape index (κ3) is 2.92. The smallest absolute Gasteiger partial charge is 0.0693 e. The third-order valence-corrected chi connectivity index (χ3v) is 2.71. The maximum atomic E-state index is 5.91. The van der Waals surface area contributed by atoms with Crippen molar-refractivity contribution in [3.8, 4) is 0 Å². The highest BCUT2D eigenvalue weighted by Crippen LogP contribution is 2.34. The number of rotatable bonds is 0. The van der Waals surface area contributed by atoms with Gasteiger partial charge in [-0.2, -0.15) is 0 Å². The molecule has 1 rings (SSSR count). The molecule has 58 valence electrons. The van der Waals surface area contributed by atoms with E-state index in [4.69, 9.17) is 15.7 Å². The predicted molar refractivity (Wildman–Crippen MR) is 51.3 cm³/mol. The molecule has 4 radical (unpaired) electrons. The van der Waals surface area contributed by atoms with Gasteiger partial charge < -0.3 is 0 Å². The van der Waals surface area contributed by atoms with Crippen LogP contribution in [0.5, 0.6) is 0 Å². The fraction of sp³-hybridized carbons (Fsp3) is 1.00. The topological polar surface area (TPSA) is 0 Å². The summed E-state index contributed by atoms with van der Waals surface area (Å²) in [6.07, 6.45) is 6.16. The molecule has 1 aliphatic carbocycles. The van der Waals surface area contributed by atoms with Gasteiger partial charge in [0.15, 0.2) is 0 Å². The minimum absolute atomic E-state index is 0.241. The molecule has 0 bridgehead atoms. The lowest BCUT2D eigenvalue weighted by Gasteiger charge is -2.27. The summed E-state index contributed by atoms with van der Waals surface area (Å²) < 4.78 is 0. The molecule has 0 heterocycles. The van der Waals surface area contributed by atoms with Crippen molar-refractivity contribution in [1.29, 1.82) is 0 Å². The van der Waals surface area contributed by atoms with Crippen LogP contribution in [0.3, 0.4) is 0 Å². The molecular weight excluding hydrogens is 130 g/mol. The Hall–Kier alpha value is 0.130. The van der Waals surface area contributed by atoms with E-state index in [9.17, 15) is 0 Å². The molecule has 0 aromatic rings. The van der Waals surface area contributed by atoms with Crippen LogP contribution >= 0.6 is 0 Å². The molecule has 3 atom stereocenters. The highest BCUT2D eigenvalue weighted by atomic mass is 14.2. The molecule has 1 saturated carbocycles. The first kappa shape index (κ1) is 9.22. The van der Waals surface area contributed by atoms with Crippen molar-refractivity contribution in [2.45, 2.75) is 50.7 Å². The molecule has 0 aromatic heterocycles. The quantitative estimate of drug-likeness (QED) is 0.460. The molecule has 0 spiro atoms. The lowest BCUT2D eigenvalue weighted by Crippen LogP contribution is -2.11. The highest BCUT2D eigenvalue weighted by molar-refractivity contribution is 6.21. The Morgan fingerprint density at radius 2 is 1.64 bits per heavy atom. The van der Waals surface area contributed by atoms with Crippen LogP contribution in [0.15, 0.2) is 0 Å². The zero-order valence-electron chi connectivity index (χ0n) is 7.42. The minimum atomic E-state index is 0.241. The van der Waals surface area contributed by atoms with Crippen molar-refractivity contribution in [3.05, 3.63) is 0 Å². The number of hydrogen-bond acceptors (Lipinski definition) is 0. The predicted octanol–water partition coefficient (Wildman–Crippen LogP) is 2.50. The fourth-order valence-electron chi connectivity index (χ4n) is 1.84. The first-order valence-corrected chi connectivity index (χ1v) is 4.71. The molecule has 3 unspecified atom stereocenters. The van der Waals surface area contributed by atoms with Gasteiger partial charge >= 0.3 is 0 Å². The van der Waals surface area contributed by atoms with Crippen LogP contribution < -0.4 is 0 Å².